The van der Waals surface area contributed by atoms with E-state index in [9.17, 15) is 4.39 Å². The molecule has 3 N–H and O–H groups in total. The van der Waals surface area contributed by atoms with Gasteiger partial charge in [0.05, 0.1) is 5.69 Å². The van der Waals surface area contributed by atoms with Crippen molar-refractivity contribution >= 4 is 11.6 Å². The van der Waals surface area contributed by atoms with Crippen molar-refractivity contribution in [3.8, 4) is 11.1 Å². The minimum Gasteiger partial charge on any atom is -0.330 e. The predicted molar refractivity (Wildman–Crippen MR) is 66.5 cm³/mol. The van der Waals surface area contributed by atoms with E-state index in [0.717, 1.165) is 17.0 Å². The van der Waals surface area contributed by atoms with Gasteiger partial charge in [0.1, 0.15) is 5.82 Å². The van der Waals surface area contributed by atoms with Crippen LogP contribution >= 0.6 is 11.6 Å². The van der Waals surface area contributed by atoms with Crippen LogP contribution in [-0.2, 0) is 6.42 Å². The Bertz CT molecular complexity index is 537. The fourth-order valence-electron chi connectivity index (χ4n) is 1.84. The summed E-state index contributed by atoms with van der Waals surface area (Å²) in [5, 5.41) is 7.49. The number of hydrogen-bond acceptors (Lipinski definition) is 2. The third-order valence-electron chi connectivity index (χ3n) is 2.60. The molecule has 90 valence electrons. The Balaban J connectivity index is 2.58. The SMILES string of the molecule is Cc1[nH]nc(CCN)c1-c1cc(Cl)ccc1F. The molecular weight excluding hydrogens is 241 g/mol. The molecule has 1 heterocycles. The maximum absolute atomic E-state index is 13.8. The molecule has 0 saturated heterocycles. The highest BCUT2D eigenvalue weighted by atomic mass is 35.5. The number of aromatic amines is 1. The van der Waals surface area contributed by atoms with Crippen LogP contribution in [0.1, 0.15) is 11.4 Å². The van der Waals surface area contributed by atoms with Gasteiger partial charge in [-0.05, 0) is 31.7 Å². The third kappa shape index (κ3) is 2.33. The molecule has 0 atom stereocenters. The summed E-state index contributed by atoms with van der Waals surface area (Å²) in [7, 11) is 0. The Morgan fingerprint density at radius 3 is 2.94 bits per heavy atom. The lowest BCUT2D eigenvalue weighted by atomic mass is 10.0. The van der Waals surface area contributed by atoms with Crippen LogP contribution in [0.3, 0.4) is 0 Å². The number of nitrogens with zero attached hydrogens (tertiary/aromatic N) is 1. The van der Waals surface area contributed by atoms with Gasteiger partial charge < -0.3 is 5.73 Å². The molecule has 2 aromatic rings. The Kier molecular flexibility index (Phi) is 3.45. The second-order valence-electron chi connectivity index (χ2n) is 3.83. The smallest absolute Gasteiger partial charge is 0.131 e. The van der Waals surface area contributed by atoms with E-state index in [0.29, 0.717) is 23.6 Å². The first-order chi connectivity index (χ1) is 8.13. The Morgan fingerprint density at radius 2 is 2.24 bits per heavy atom. The summed E-state index contributed by atoms with van der Waals surface area (Å²) in [6.45, 7) is 2.32. The lowest BCUT2D eigenvalue weighted by molar-refractivity contribution is 0.631. The molecular formula is C12H13ClFN3. The molecule has 0 aliphatic carbocycles. The average molecular weight is 254 g/mol. The predicted octanol–water partition coefficient (Wildman–Crippen LogP) is 2.68. The number of H-pyrrole nitrogens is 1. The molecule has 0 amide bonds. The minimum absolute atomic E-state index is 0.308. The van der Waals surface area contributed by atoms with Crippen LogP contribution in [0.5, 0.6) is 0 Å². The summed E-state index contributed by atoms with van der Waals surface area (Å²) < 4.78 is 13.8. The van der Waals surface area contributed by atoms with Gasteiger partial charge in [0.2, 0.25) is 0 Å². The molecule has 0 bridgehead atoms. The summed E-state index contributed by atoms with van der Waals surface area (Å²) in [4.78, 5) is 0. The van der Waals surface area contributed by atoms with Gasteiger partial charge >= 0.3 is 0 Å². The summed E-state index contributed by atoms with van der Waals surface area (Å²) in [6.07, 6.45) is 0.603. The van der Waals surface area contributed by atoms with Gasteiger partial charge in [-0.25, -0.2) is 4.39 Å². The normalized spacial score (nSPS) is 10.8. The number of halogens is 2. The van der Waals surface area contributed by atoms with Crippen LogP contribution in [0.25, 0.3) is 11.1 Å². The highest BCUT2D eigenvalue weighted by Crippen LogP contribution is 2.30. The second kappa shape index (κ2) is 4.85. The van der Waals surface area contributed by atoms with Crippen LogP contribution in [-0.4, -0.2) is 16.7 Å². The van der Waals surface area contributed by atoms with E-state index in [1.807, 2.05) is 6.92 Å². The van der Waals surface area contributed by atoms with Gasteiger partial charge in [-0.2, -0.15) is 5.10 Å². The number of aryl methyl sites for hydroxylation is 1. The van der Waals surface area contributed by atoms with E-state index < -0.39 is 0 Å². The average Bonchev–Trinajstić information content (AvgIpc) is 2.64. The van der Waals surface area contributed by atoms with Gasteiger partial charge in [-0.3, -0.25) is 5.10 Å². The van der Waals surface area contributed by atoms with Crippen LogP contribution in [0, 0.1) is 12.7 Å². The number of hydrogen-bond donors (Lipinski definition) is 2. The van der Waals surface area contributed by atoms with Gasteiger partial charge in [0.15, 0.2) is 0 Å². The number of benzene rings is 1. The van der Waals surface area contributed by atoms with Crippen molar-refractivity contribution in [3.05, 3.63) is 40.4 Å². The van der Waals surface area contributed by atoms with Gasteiger partial charge in [0, 0.05) is 28.3 Å². The van der Waals surface area contributed by atoms with Crippen LogP contribution in [0.2, 0.25) is 5.02 Å². The zero-order chi connectivity index (χ0) is 12.4. The largest absolute Gasteiger partial charge is 0.330 e. The van der Waals surface area contributed by atoms with E-state index in [-0.39, 0.29) is 5.82 Å². The molecule has 5 heteroatoms. The molecule has 0 radical (unpaired) electrons. The summed E-state index contributed by atoms with van der Waals surface area (Å²) in [6, 6.07) is 4.49. The van der Waals surface area contributed by atoms with Crippen molar-refractivity contribution in [1.82, 2.24) is 10.2 Å². The van der Waals surface area contributed by atoms with E-state index >= 15 is 0 Å². The van der Waals surface area contributed by atoms with Gasteiger partial charge in [-0.15, -0.1) is 0 Å². The van der Waals surface area contributed by atoms with Crippen molar-refractivity contribution in [2.45, 2.75) is 13.3 Å². The summed E-state index contributed by atoms with van der Waals surface area (Å²) in [5.41, 5.74) is 8.32. The highest BCUT2D eigenvalue weighted by molar-refractivity contribution is 6.30. The molecule has 2 rings (SSSR count). The van der Waals surface area contributed by atoms with Crippen molar-refractivity contribution in [2.75, 3.05) is 6.54 Å². The van der Waals surface area contributed by atoms with E-state index in [1.54, 1.807) is 6.07 Å². The summed E-state index contributed by atoms with van der Waals surface area (Å²) >= 11 is 5.89. The molecule has 0 aliphatic rings. The van der Waals surface area contributed by atoms with Gasteiger partial charge in [-0.1, -0.05) is 11.6 Å². The third-order valence-corrected chi connectivity index (χ3v) is 2.84. The molecule has 0 aliphatic heterocycles. The topological polar surface area (TPSA) is 54.7 Å². The van der Waals surface area contributed by atoms with E-state index in [4.69, 9.17) is 17.3 Å². The maximum atomic E-state index is 13.8. The quantitative estimate of drug-likeness (QED) is 0.884. The number of nitrogens with two attached hydrogens (primary N) is 1. The molecule has 17 heavy (non-hydrogen) atoms. The lowest BCUT2D eigenvalue weighted by Crippen LogP contribution is -2.04. The summed E-state index contributed by atoms with van der Waals surface area (Å²) in [5.74, 6) is -0.308. The molecule has 0 fully saturated rings. The first kappa shape index (κ1) is 12.1. The molecule has 0 unspecified atom stereocenters. The first-order valence-electron chi connectivity index (χ1n) is 5.33. The number of rotatable bonds is 3. The fraction of sp³-hybridized carbons (Fsp3) is 0.250. The maximum Gasteiger partial charge on any atom is 0.131 e. The standard InChI is InChI=1S/C12H13ClFN3/c1-7-12(11(4-5-15)17-16-7)9-6-8(13)2-3-10(9)14/h2-3,6H,4-5,15H2,1H3,(H,16,17). The molecule has 3 nitrogen and oxygen atoms in total. The Hall–Kier alpha value is -1.39. The van der Waals surface area contributed by atoms with Crippen LogP contribution < -0.4 is 5.73 Å². The number of nitrogens with one attached hydrogen (secondary N) is 1. The van der Waals surface area contributed by atoms with Gasteiger partial charge in [0.25, 0.3) is 0 Å². The van der Waals surface area contributed by atoms with E-state index in [2.05, 4.69) is 10.2 Å². The van der Waals surface area contributed by atoms with E-state index in [1.165, 1.54) is 12.1 Å². The van der Waals surface area contributed by atoms with Crippen molar-refractivity contribution in [2.24, 2.45) is 5.73 Å². The monoisotopic (exact) mass is 253 g/mol. The van der Waals surface area contributed by atoms with Crippen molar-refractivity contribution in [1.29, 1.82) is 0 Å². The second-order valence-corrected chi connectivity index (χ2v) is 4.27. The Labute approximate surface area is 104 Å². The fourth-order valence-corrected chi connectivity index (χ4v) is 2.02. The van der Waals surface area contributed by atoms with Crippen LogP contribution in [0.4, 0.5) is 4.39 Å². The zero-order valence-corrected chi connectivity index (χ0v) is 10.2. The molecule has 1 aromatic heterocycles. The first-order valence-corrected chi connectivity index (χ1v) is 5.70. The molecule has 0 spiro atoms. The number of aromatic nitrogens is 2. The zero-order valence-electron chi connectivity index (χ0n) is 9.43. The Morgan fingerprint density at radius 1 is 1.47 bits per heavy atom. The molecule has 1 aromatic carbocycles. The lowest BCUT2D eigenvalue weighted by Gasteiger charge is -2.05. The van der Waals surface area contributed by atoms with Crippen LogP contribution in [0.15, 0.2) is 18.2 Å². The van der Waals surface area contributed by atoms with Crippen molar-refractivity contribution < 1.29 is 4.39 Å². The molecule has 0 saturated carbocycles. The van der Waals surface area contributed by atoms with Crippen molar-refractivity contribution in [3.63, 3.8) is 0 Å². The minimum atomic E-state index is -0.308. The highest BCUT2D eigenvalue weighted by Gasteiger charge is 2.15.